The quantitative estimate of drug-likeness (QED) is 0.860. The van der Waals surface area contributed by atoms with Crippen molar-refractivity contribution in [2.75, 3.05) is 31.6 Å². The molecule has 0 bridgehead atoms. The predicted octanol–water partition coefficient (Wildman–Crippen LogP) is 0.794. The van der Waals surface area contributed by atoms with Crippen LogP contribution in [0.1, 0.15) is 30.1 Å². The topological polar surface area (TPSA) is 74.3 Å². The molecule has 1 aliphatic rings. The zero-order chi connectivity index (χ0) is 15.2. The first-order valence-corrected chi connectivity index (χ1v) is 7.28. The van der Waals surface area contributed by atoms with Crippen molar-refractivity contribution in [1.82, 2.24) is 15.6 Å². The second kappa shape index (κ2) is 7.06. The number of pyridine rings is 1. The summed E-state index contributed by atoms with van der Waals surface area (Å²) in [6, 6.07) is 3.56. The molecular weight excluding hydrogens is 268 g/mol. The normalized spacial score (nSPS) is 18.2. The number of carbonyl (C=O) groups is 2. The van der Waals surface area contributed by atoms with E-state index < -0.39 is 0 Å². The van der Waals surface area contributed by atoms with Crippen molar-refractivity contribution in [1.29, 1.82) is 0 Å². The van der Waals surface area contributed by atoms with Gasteiger partial charge in [0.05, 0.1) is 5.56 Å². The van der Waals surface area contributed by atoms with E-state index in [4.69, 9.17) is 0 Å². The fraction of sp³-hybridized carbons (Fsp3) is 0.533. The van der Waals surface area contributed by atoms with Crippen LogP contribution in [-0.4, -0.2) is 43.5 Å². The van der Waals surface area contributed by atoms with E-state index in [9.17, 15) is 9.59 Å². The molecule has 2 amide bonds. The van der Waals surface area contributed by atoms with E-state index in [-0.39, 0.29) is 11.8 Å². The highest BCUT2D eigenvalue weighted by atomic mass is 16.2. The van der Waals surface area contributed by atoms with Crippen LogP contribution in [0.5, 0.6) is 0 Å². The Balaban J connectivity index is 2.10. The third kappa shape index (κ3) is 3.93. The van der Waals surface area contributed by atoms with E-state index in [0.29, 0.717) is 18.0 Å². The van der Waals surface area contributed by atoms with Gasteiger partial charge in [-0.05, 0) is 30.9 Å². The average molecular weight is 290 g/mol. The lowest BCUT2D eigenvalue weighted by atomic mass is 9.97. The van der Waals surface area contributed by atoms with Crippen LogP contribution < -0.4 is 15.5 Å². The van der Waals surface area contributed by atoms with Gasteiger partial charge in [-0.25, -0.2) is 4.98 Å². The molecule has 0 aliphatic carbocycles. The molecule has 1 saturated heterocycles. The average Bonchev–Trinajstić information content (AvgIpc) is 2.52. The number of nitrogens with zero attached hydrogens (tertiary/aromatic N) is 2. The van der Waals surface area contributed by atoms with E-state index in [1.54, 1.807) is 25.4 Å². The van der Waals surface area contributed by atoms with E-state index in [2.05, 4.69) is 20.5 Å². The van der Waals surface area contributed by atoms with Crippen LogP contribution in [0.4, 0.5) is 5.82 Å². The molecular formula is C15H22N4O2. The summed E-state index contributed by atoms with van der Waals surface area (Å²) >= 11 is 0. The number of anilines is 1. The Bertz CT molecular complexity index is 518. The largest absolute Gasteiger partial charge is 0.356 e. The highest BCUT2D eigenvalue weighted by molar-refractivity contribution is 5.98. The molecule has 2 heterocycles. The predicted molar refractivity (Wildman–Crippen MR) is 81.2 cm³/mol. The van der Waals surface area contributed by atoms with Gasteiger partial charge >= 0.3 is 0 Å². The summed E-state index contributed by atoms with van der Waals surface area (Å²) in [5, 5.41) is 5.52. The molecule has 6 heteroatoms. The third-order valence-corrected chi connectivity index (χ3v) is 3.72. The molecule has 0 spiro atoms. The van der Waals surface area contributed by atoms with Crippen molar-refractivity contribution < 1.29 is 9.59 Å². The lowest BCUT2D eigenvalue weighted by Gasteiger charge is -2.34. The molecule has 1 aromatic heterocycles. The van der Waals surface area contributed by atoms with Crippen molar-refractivity contribution in [3.8, 4) is 0 Å². The van der Waals surface area contributed by atoms with Gasteiger partial charge in [-0.2, -0.15) is 0 Å². The van der Waals surface area contributed by atoms with Crippen LogP contribution in [0, 0.1) is 5.92 Å². The molecule has 0 aromatic carbocycles. The van der Waals surface area contributed by atoms with E-state index in [0.717, 1.165) is 31.7 Å². The molecule has 1 aliphatic heterocycles. The number of nitrogens with one attached hydrogen (secondary N) is 2. The van der Waals surface area contributed by atoms with Gasteiger partial charge < -0.3 is 15.5 Å². The molecule has 2 rings (SSSR count). The summed E-state index contributed by atoms with van der Waals surface area (Å²) in [5.74, 6) is 0.990. The fourth-order valence-electron chi connectivity index (χ4n) is 2.67. The Hall–Kier alpha value is -2.11. The van der Waals surface area contributed by atoms with Crippen molar-refractivity contribution in [3.63, 3.8) is 0 Å². The number of amides is 2. The van der Waals surface area contributed by atoms with E-state index >= 15 is 0 Å². The fourth-order valence-corrected chi connectivity index (χ4v) is 2.67. The highest BCUT2D eigenvalue weighted by Crippen LogP contribution is 2.24. The second-order valence-electron chi connectivity index (χ2n) is 5.35. The zero-order valence-electron chi connectivity index (χ0n) is 12.6. The van der Waals surface area contributed by atoms with Crippen molar-refractivity contribution in [2.45, 2.75) is 19.8 Å². The van der Waals surface area contributed by atoms with Crippen molar-refractivity contribution in [2.24, 2.45) is 5.92 Å². The number of hydrogen-bond donors (Lipinski definition) is 2. The van der Waals surface area contributed by atoms with Gasteiger partial charge in [-0.15, -0.1) is 0 Å². The first kappa shape index (κ1) is 15.3. The molecule has 0 saturated carbocycles. The van der Waals surface area contributed by atoms with Crippen molar-refractivity contribution >= 4 is 17.6 Å². The molecule has 1 atom stereocenters. The zero-order valence-corrected chi connectivity index (χ0v) is 12.6. The van der Waals surface area contributed by atoms with E-state index in [1.165, 1.54) is 6.92 Å². The van der Waals surface area contributed by atoms with Gasteiger partial charge in [0.15, 0.2) is 0 Å². The minimum absolute atomic E-state index is 0.00370. The molecule has 1 fully saturated rings. The summed E-state index contributed by atoms with van der Waals surface area (Å²) in [5.41, 5.74) is 0.597. The van der Waals surface area contributed by atoms with E-state index in [1.807, 2.05) is 0 Å². The maximum Gasteiger partial charge on any atom is 0.254 e. The Morgan fingerprint density at radius 2 is 2.29 bits per heavy atom. The Morgan fingerprint density at radius 1 is 1.48 bits per heavy atom. The lowest BCUT2D eigenvalue weighted by molar-refractivity contribution is -0.119. The van der Waals surface area contributed by atoms with Gasteiger partial charge in [0.2, 0.25) is 5.91 Å². The lowest BCUT2D eigenvalue weighted by Crippen LogP contribution is -2.41. The van der Waals surface area contributed by atoms with Crippen LogP contribution in [0.3, 0.4) is 0 Å². The summed E-state index contributed by atoms with van der Waals surface area (Å²) < 4.78 is 0. The summed E-state index contributed by atoms with van der Waals surface area (Å²) in [4.78, 5) is 29.5. The van der Waals surface area contributed by atoms with Crippen LogP contribution in [0.15, 0.2) is 18.3 Å². The summed E-state index contributed by atoms with van der Waals surface area (Å²) in [7, 11) is 1.62. The van der Waals surface area contributed by atoms with Crippen molar-refractivity contribution in [3.05, 3.63) is 23.9 Å². The maximum absolute atomic E-state index is 11.9. The summed E-state index contributed by atoms with van der Waals surface area (Å²) in [6.45, 7) is 3.90. The number of carbonyl (C=O) groups excluding carboxylic acids is 2. The Kier molecular flexibility index (Phi) is 5.14. The number of hydrogen-bond acceptors (Lipinski definition) is 4. The smallest absolute Gasteiger partial charge is 0.254 e. The minimum atomic E-state index is -0.123. The molecule has 1 unspecified atom stereocenters. The monoisotopic (exact) mass is 290 g/mol. The van der Waals surface area contributed by atoms with Gasteiger partial charge in [-0.1, -0.05) is 0 Å². The first-order valence-electron chi connectivity index (χ1n) is 7.28. The van der Waals surface area contributed by atoms with Gasteiger partial charge in [0.1, 0.15) is 5.82 Å². The first-order chi connectivity index (χ1) is 10.1. The van der Waals surface area contributed by atoms with Gasteiger partial charge in [-0.3, -0.25) is 9.59 Å². The van der Waals surface area contributed by atoms with Crippen LogP contribution in [0.25, 0.3) is 0 Å². The van der Waals surface area contributed by atoms with Crippen LogP contribution in [0.2, 0.25) is 0 Å². The molecule has 2 N–H and O–H groups in total. The van der Waals surface area contributed by atoms with Gasteiger partial charge in [0.25, 0.3) is 5.91 Å². The number of aromatic nitrogens is 1. The van der Waals surface area contributed by atoms with Crippen LogP contribution >= 0.6 is 0 Å². The molecule has 21 heavy (non-hydrogen) atoms. The minimum Gasteiger partial charge on any atom is -0.356 e. The Labute approximate surface area is 124 Å². The molecule has 1 aromatic rings. The molecule has 6 nitrogen and oxygen atoms in total. The maximum atomic E-state index is 11.9. The molecule has 0 radical (unpaired) electrons. The van der Waals surface area contributed by atoms with Gasteiger partial charge in [0, 0.05) is 39.8 Å². The standard InChI is InChI=1S/C15H22N4O2/c1-11(20)18-9-12-5-4-8-19(10-12)14-13(15(21)16-2)6-3-7-17-14/h3,6-7,12H,4-5,8-10H2,1-2H3,(H,16,21)(H,18,20). The summed E-state index contributed by atoms with van der Waals surface area (Å²) in [6.07, 6.45) is 3.83. The number of rotatable bonds is 4. The number of piperidine rings is 1. The Morgan fingerprint density at radius 3 is 3.00 bits per heavy atom. The second-order valence-corrected chi connectivity index (χ2v) is 5.35. The SMILES string of the molecule is CNC(=O)c1cccnc1N1CCCC(CNC(C)=O)C1. The third-order valence-electron chi connectivity index (χ3n) is 3.72. The molecule has 114 valence electrons. The van der Waals surface area contributed by atoms with Crippen LogP contribution in [-0.2, 0) is 4.79 Å². The highest BCUT2D eigenvalue weighted by Gasteiger charge is 2.24.